The summed E-state index contributed by atoms with van der Waals surface area (Å²) in [4.78, 5) is 11.9. The van der Waals surface area contributed by atoms with Gasteiger partial charge in [-0.15, -0.1) is 0 Å². The number of amides is 1. The van der Waals surface area contributed by atoms with Crippen LogP contribution >= 0.6 is 0 Å². The Morgan fingerprint density at radius 1 is 1.28 bits per heavy atom. The first-order chi connectivity index (χ1) is 11.9. The van der Waals surface area contributed by atoms with Crippen LogP contribution in [0.1, 0.15) is 6.92 Å². The Morgan fingerprint density at radius 3 is 2.52 bits per heavy atom. The quantitative estimate of drug-likeness (QED) is 0.702. The zero-order valence-corrected chi connectivity index (χ0v) is 15.3. The predicted octanol–water partition coefficient (Wildman–Crippen LogP) is 0.237. The molecule has 0 bridgehead atoms. The number of sulfonamides is 1. The van der Waals surface area contributed by atoms with E-state index in [0.717, 1.165) is 0 Å². The Kier molecular flexibility index (Phi) is 7.18. The molecule has 1 saturated heterocycles. The second kappa shape index (κ2) is 9.14. The molecule has 8 nitrogen and oxygen atoms in total. The molecule has 1 aliphatic rings. The van der Waals surface area contributed by atoms with Crippen molar-refractivity contribution in [2.75, 3.05) is 46.6 Å². The third-order valence-electron chi connectivity index (χ3n) is 3.63. The van der Waals surface area contributed by atoms with Crippen molar-refractivity contribution in [1.29, 1.82) is 0 Å². The van der Waals surface area contributed by atoms with Crippen molar-refractivity contribution in [3.05, 3.63) is 24.3 Å². The molecule has 1 fully saturated rings. The highest BCUT2D eigenvalue weighted by atomic mass is 32.2. The highest BCUT2D eigenvalue weighted by Gasteiger charge is 2.26. The van der Waals surface area contributed by atoms with Gasteiger partial charge in [0.2, 0.25) is 10.0 Å². The molecule has 1 amide bonds. The van der Waals surface area contributed by atoms with Gasteiger partial charge < -0.3 is 19.5 Å². The van der Waals surface area contributed by atoms with Crippen molar-refractivity contribution >= 4 is 15.9 Å². The third-order valence-corrected chi connectivity index (χ3v) is 5.54. The number of morpholine rings is 1. The number of hydrogen-bond donors (Lipinski definition) is 1. The molecule has 1 aliphatic heterocycles. The summed E-state index contributed by atoms with van der Waals surface area (Å²) < 4.78 is 41.9. The van der Waals surface area contributed by atoms with Gasteiger partial charge in [0.1, 0.15) is 5.75 Å². The molecular formula is C16H24N2O6S. The molecule has 1 heterocycles. The summed E-state index contributed by atoms with van der Waals surface area (Å²) >= 11 is 0. The number of nitrogens with one attached hydrogen (secondary N) is 1. The number of benzene rings is 1. The number of rotatable bonds is 8. The van der Waals surface area contributed by atoms with Gasteiger partial charge in [-0.2, -0.15) is 4.31 Å². The van der Waals surface area contributed by atoms with Gasteiger partial charge in [-0.3, -0.25) is 4.79 Å². The Bertz CT molecular complexity index is 656. The van der Waals surface area contributed by atoms with E-state index in [-0.39, 0.29) is 23.5 Å². The van der Waals surface area contributed by atoms with Crippen LogP contribution in [0, 0.1) is 0 Å². The molecule has 0 aliphatic carbocycles. The zero-order valence-electron chi connectivity index (χ0n) is 14.4. The molecule has 2 rings (SSSR count). The van der Waals surface area contributed by atoms with Gasteiger partial charge in [-0.05, 0) is 31.2 Å². The van der Waals surface area contributed by atoms with E-state index in [1.807, 2.05) is 6.92 Å². The van der Waals surface area contributed by atoms with Gasteiger partial charge in [-0.25, -0.2) is 8.42 Å². The molecule has 1 aromatic carbocycles. The van der Waals surface area contributed by atoms with Crippen LogP contribution in [0.2, 0.25) is 0 Å². The van der Waals surface area contributed by atoms with Crippen LogP contribution in [-0.2, 0) is 24.3 Å². The van der Waals surface area contributed by atoms with Crippen molar-refractivity contribution in [2.24, 2.45) is 0 Å². The molecule has 1 N–H and O–H groups in total. The molecule has 0 aromatic heterocycles. The van der Waals surface area contributed by atoms with Crippen molar-refractivity contribution in [3.63, 3.8) is 0 Å². The first kappa shape index (κ1) is 19.6. The van der Waals surface area contributed by atoms with E-state index in [4.69, 9.17) is 14.2 Å². The largest absolute Gasteiger partial charge is 0.484 e. The average Bonchev–Trinajstić information content (AvgIpc) is 2.61. The van der Waals surface area contributed by atoms with Gasteiger partial charge in [0.15, 0.2) is 6.61 Å². The lowest BCUT2D eigenvalue weighted by Gasteiger charge is -2.26. The highest BCUT2D eigenvalue weighted by molar-refractivity contribution is 7.89. The zero-order chi connectivity index (χ0) is 18.3. The van der Waals surface area contributed by atoms with Crippen LogP contribution in [0.4, 0.5) is 0 Å². The maximum absolute atomic E-state index is 12.5. The fourth-order valence-electron chi connectivity index (χ4n) is 2.40. The maximum atomic E-state index is 12.5. The molecule has 9 heteroatoms. The minimum atomic E-state index is -3.53. The summed E-state index contributed by atoms with van der Waals surface area (Å²) in [6.45, 7) is 3.59. The minimum absolute atomic E-state index is 0.109. The van der Waals surface area contributed by atoms with E-state index in [1.54, 1.807) is 19.2 Å². The average molecular weight is 372 g/mol. The van der Waals surface area contributed by atoms with Crippen LogP contribution in [0.15, 0.2) is 29.2 Å². The highest BCUT2D eigenvalue weighted by Crippen LogP contribution is 2.20. The normalized spacial score (nSPS) is 17.0. The molecule has 1 aromatic rings. The van der Waals surface area contributed by atoms with Crippen LogP contribution in [0.3, 0.4) is 0 Å². The summed E-state index contributed by atoms with van der Waals surface area (Å²) in [7, 11) is -1.97. The number of methoxy groups -OCH3 is 1. The lowest BCUT2D eigenvalue weighted by Crippen LogP contribution is -2.40. The molecule has 0 spiro atoms. The molecule has 25 heavy (non-hydrogen) atoms. The summed E-state index contributed by atoms with van der Waals surface area (Å²) in [5.74, 6) is 0.157. The maximum Gasteiger partial charge on any atom is 0.258 e. The van der Waals surface area contributed by atoms with Crippen molar-refractivity contribution in [2.45, 2.75) is 17.9 Å². The summed E-state index contributed by atoms with van der Waals surface area (Å²) in [6.07, 6.45) is 0. The third kappa shape index (κ3) is 5.67. The molecule has 0 saturated carbocycles. The van der Waals surface area contributed by atoms with Gasteiger partial charge in [0.05, 0.1) is 24.7 Å². The van der Waals surface area contributed by atoms with Crippen LogP contribution in [0.5, 0.6) is 5.75 Å². The minimum Gasteiger partial charge on any atom is -0.484 e. The second-order valence-corrected chi connectivity index (χ2v) is 7.64. The standard InChI is InChI=1S/C16H24N2O6S/c1-13(11-22-2)17-16(19)12-24-14-3-5-15(6-4-14)25(20,21)18-7-9-23-10-8-18/h3-6,13H,7-12H2,1-2H3,(H,17,19)/t13-/m0/s1. The van der Waals surface area contributed by atoms with E-state index >= 15 is 0 Å². The Balaban J connectivity index is 1.90. The number of hydrogen-bond acceptors (Lipinski definition) is 6. The monoisotopic (exact) mass is 372 g/mol. The molecule has 0 radical (unpaired) electrons. The van der Waals surface area contributed by atoms with E-state index < -0.39 is 10.0 Å². The summed E-state index contributed by atoms with van der Waals surface area (Å²) in [5.41, 5.74) is 0. The van der Waals surface area contributed by atoms with Crippen molar-refractivity contribution in [1.82, 2.24) is 9.62 Å². The van der Waals surface area contributed by atoms with E-state index in [9.17, 15) is 13.2 Å². The van der Waals surface area contributed by atoms with E-state index in [2.05, 4.69) is 5.32 Å². The van der Waals surface area contributed by atoms with Crippen LogP contribution < -0.4 is 10.1 Å². The van der Waals surface area contributed by atoms with Crippen molar-refractivity contribution < 1.29 is 27.4 Å². The first-order valence-corrected chi connectivity index (χ1v) is 9.46. The summed E-state index contributed by atoms with van der Waals surface area (Å²) in [5, 5.41) is 2.73. The van der Waals surface area contributed by atoms with Gasteiger partial charge in [0, 0.05) is 26.2 Å². The van der Waals surface area contributed by atoms with E-state index in [0.29, 0.717) is 38.7 Å². The van der Waals surface area contributed by atoms with Gasteiger partial charge in [0.25, 0.3) is 5.91 Å². The molecule has 0 unspecified atom stereocenters. The Hall–Kier alpha value is -1.68. The Labute approximate surface area is 148 Å². The van der Waals surface area contributed by atoms with Crippen LogP contribution in [0.25, 0.3) is 0 Å². The van der Waals surface area contributed by atoms with Gasteiger partial charge >= 0.3 is 0 Å². The number of carbonyl (C=O) groups excluding carboxylic acids is 1. The lowest BCUT2D eigenvalue weighted by atomic mass is 10.3. The SMILES string of the molecule is COC[C@H](C)NC(=O)COc1ccc(S(=O)(=O)N2CCOCC2)cc1. The summed E-state index contributed by atoms with van der Waals surface area (Å²) in [6, 6.07) is 5.93. The predicted molar refractivity (Wildman–Crippen MR) is 91.0 cm³/mol. The second-order valence-electron chi connectivity index (χ2n) is 5.70. The van der Waals surface area contributed by atoms with Gasteiger partial charge in [-0.1, -0.05) is 0 Å². The number of carbonyl (C=O) groups is 1. The van der Waals surface area contributed by atoms with E-state index in [1.165, 1.54) is 16.4 Å². The van der Waals surface area contributed by atoms with Crippen molar-refractivity contribution in [3.8, 4) is 5.75 Å². The lowest BCUT2D eigenvalue weighted by molar-refractivity contribution is -0.124. The first-order valence-electron chi connectivity index (χ1n) is 8.02. The van der Waals surface area contributed by atoms with Crippen LogP contribution in [-0.4, -0.2) is 71.3 Å². The number of nitrogens with zero attached hydrogens (tertiary/aromatic N) is 1. The smallest absolute Gasteiger partial charge is 0.258 e. The number of ether oxygens (including phenoxy) is 3. The fourth-order valence-corrected chi connectivity index (χ4v) is 3.81. The topological polar surface area (TPSA) is 94.2 Å². The molecule has 1 atom stereocenters. The molecular weight excluding hydrogens is 348 g/mol. The fraction of sp³-hybridized carbons (Fsp3) is 0.562. The molecule has 140 valence electrons. The Morgan fingerprint density at radius 2 is 1.92 bits per heavy atom.